The van der Waals surface area contributed by atoms with E-state index in [1.807, 2.05) is 69.4 Å². The van der Waals surface area contributed by atoms with Gasteiger partial charge in [-0.3, -0.25) is 4.98 Å². The topological polar surface area (TPSA) is 50.2 Å². The molecule has 0 fully saturated rings. The van der Waals surface area contributed by atoms with E-state index in [0.717, 1.165) is 23.2 Å². The van der Waals surface area contributed by atoms with Crippen LogP contribution in [0.15, 0.2) is 66.4 Å². The van der Waals surface area contributed by atoms with Crippen molar-refractivity contribution >= 4 is 22.8 Å². The zero-order valence-electron chi connectivity index (χ0n) is 15.4. The normalized spacial score (nSPS) is 12.3. The predicted octanol–water partition coefficient (Wildman–Crippen LogP) is 5.34. The third kappa shape index (κ3) is 3.99. The van der Waals surface area contributed by atoms with E-state index in [1.165, 1.54) is 10.8 Å². The standard InChI is InChI=1S/C23H23NO2/c1-23(2,3)20(22(25)26)14-16-8-10-17(11-9-16)15-21-19-7-5-4-6-18(19)12-13-24-21/h4-14H,15H2,1-3H3,(H,25,26). The number of nitrogens with zero attached hydrogens (tertiary/aromatic N) is 1. The minimum absolute atomic E-state index is 0.404. The largest absolute Gasteiger partial charge is 0.478 e. The summed E-state index contributed by atoms with van der Waals surface area (Å²) in [5.74, 6) is -0.874. The van der Waals surface area contributed by atoms with Crippen LogP contribution < -0.4 is 0 Å². The maximum Gasteiger partial charge on any atom is 0.332 e. The van der Waals surface area contributed by atoms with E-state index in [4.69, 9.17) is 0 Å². The molecule has 0 saturated heterocycles. The van der Waals surface area contributed by atoms with Crippen LogP contribution in [0.4, 0.5) is 0 Å². The summed E-state index contributed by atoms with van der Waals surface area (Å²) in [5.41, 5.74) is 3.09. The Morgan fingerprint density at radius 3 is 2.38 bits per heavy atom. The molecule has 0 aliphatic rings. The summed E-state index contributed by atoms with van der Waals surface area (Å²) in [6.45, 7) is 5.73. The number of hydrogen-bond acceptors (Lipinski definition) is 2. The maximum atomic E-state index is 11.5. The molecule has 0 aliphatic heterocycles. The first-order chi connectivity index (χ1) is 12.3. The molecule has 1 N–H and O–H groups in total. The lowest BCUT2D eigenvalue weighted by atomic mass is 9.85. The Hall–Kier alpha value is -2.94. The third-order valence-electron chi connectivity index (χ3n) is 4.46. The highest BCUT2D eigenvalue weighted by Crippen LogP contribution is 2.27. The van der Waals surface area contributed by atoms with Crippen molar-refractivity contribution in [3.8, 4) is 0 Å². The number of pyridine rings is 1. The highest BCUT2D eigenvalue weighted by molar-refractivity contribution is 5.93. The predicted molar refractivity (Wildman–Crippen MR) is 106 cm³/mol. The number of carbonyl (C=O) groups is 1. The fraction of sp³-hybridized carbons (Fsp3) is 0.217. The third-order valence-corrected chi connectivity index (χ3v) is 4.46. The summed E-state index contributed by atoms with van der Waals surface area (Å²) in [7, 11) is 0. The van der Waals surface area contributed by atoms with Crippen LogP contribution in [0.2, 0.25) is 0 Å². The summed E-state index contributed by atoms with van der Waals surface area (Å²) < 4.78 is 0. The first kappa shape index (κ1) is 17.9. The van der Waals surface area contributed by atoms with Crippen LogP contribution in [-0.4, -0.2) is 16.1 Å². The summed E-state index contributed by atoms with van der Waals surface area (Å²) in [6, 6.07) is 18.3. The Morgan fingerprint density at radius 2 is 1.73 bits per heavy atom. The van der Waals surface area contributed by atoms with Gasteiger partial charge in [0, 0.05) is 23.6 Å². The van der Waals surface area contributed by atoms with Crippen LogP contribution in [0.25, 0.3) is 16.8 Å². The van der Waals surface area contributed by atoms with E-state index in [1.54, 1.807) is 6.08 Å². The van der Waals surface area contributed by atoms with Crippen molar-refractivity contribution in [3.05, 3.63) is 83.2 Å². The molecule has 2 aromatic carbocycles. The number of carboxylic acid groups (broad SMARTS) is 1. The highest BCUT2D eigenvalue weighted by Gasteiger charge is 2.23. The van der Waals surface area contributed by atoms with Gasteiger partial charge in [0.2, 0.25) is 0 Å². The molecule has 0 amide bonds. The minimum Gasteiger partial charge on any atom is -0.478 e. The van der Waals surface area contributed by atoms with Gasteiger partial charge in [-0.1, -0.05) is 69.3 Å². The van der Waals surface area contributed by atoms with Gasteiger partial charge in [-0.15, -0.1) is 0 Å². The molecule has 0 radical (unpaired) electrons. The van der Waals surface area contributed by atoms with Crippen molar-refractivity contribution in [2.75, 3.05) is 0 Å². The molecule has 0 saturated carbocycles. The Bertz CT molecular complexity index is 958. The van der Waals surface area contributed by atoms with E-state index in [0.29, 0.717) is 5.57 Å². The highest BCUT2D eigenvalue weighted by atomic mass is 16.4. The van der Waals surface area contributed by atoms with E-state index in [9.17, 15) is 9.90 Å². The van der Waals surface area contributed by atoms with Gasteiger partial charge in [0.05, 0.1) is 5.69 Å². The second-order valence-corrected chi connectivity index (χ2v) is 7.51. The van der Waals surface area contributed by atoms with E-state index in [-0.39, 0.29) is 0 Å². The lowest BCUT2D eigenvalue weighted by molar-refractivity contribution is -0.133. The molecule has 1 heterocycles. The molecule has 26 heavy (non-hydrogen) atoms. The second-order valence-electron chi connectivity index (χ2n) is 7.51. The summed E-state index contributed by atoms with van der Waals surface area (Å²) in [6.07, 6.45) is 4.34. The first-order valence-electron chi connectivity index (χ1n) is 8.71. The molecule has 3 nitrogen and oxygen atoms in total. The molecule has 1 aromatic heterocycles. The first-order valence-corrected chi connectivity index (χ1v) is 8.71. The molecule has 0 spiro atoms. The zero-order valence-corrected chi connectivity index (χ0v) is 15.4. The minimum atomic E-state index is -0.874. The number of hydrogen-bond donors (Lipinski definition) is 1. The fourth-order valence-electron chi connectivity index (χ4n) is 3.01. The van der Waals surface area contributed by atoms with Crippen LogP contribution >= 0.6 is 0 Å². The average Bonchev–Trinajstić information content (AvgIpc) is 2.60. The summed E-state index contributed by atoms with van der Waals surface area (Å²) in [5, 5.41) is 11.8. The molecular formula is C23H23NO2. The van der Waals surface area contributed by atoms with Crippen molar-refractivity contribution in [1.82, 2.24) is 4.98 Å². The Kier molecular flexibility index (Phi) is 4.90. The van der Waals surface area contributed by atoms with Crippen molar-refractivity contribution < 1.29 is 9.90 Å². The van der Waals surface area contributed by atoms with Gasteiger partial charge in [-0.05, 0) is 34.1 Å². The molecular weight excluding hydrogens is 322 g/mol. The average molecular weight is 345 g/mol. The molecule has 3 heteroatoms. The Labute approximate surface area is 154 Å². The number of benzene rings is 2. The van der Waals surface area contributed by atoms with E-state index >= 15 is 0 Å². The number of rotatable bonds is 4. The van der Waals surface area contributed by atoms with Crippen LogP contribution in [-0.2, 0) is 11.2 Å². The Balaban J connectivity index is 1.87. The van der Waals surface area contributed by atoms with Gasteiger partial charge in [0.15, 0.2) is 0 Å². The monoisotopic (exact) mass is 345 g/mol. The lowest BCUT2D eigenvalue weighted by Crippen LogP contribution is -2.17. The van der Waals surface area contributed by atoms with Gasteiger partial charge < -0.3 is 5.11 Å². The number of fused-ring (bicyclic) bond motifs is 1. The van der Waals surface area contributed by atoms with Crippen molar-refractivity contribution in [2.24, 2.45) is 5.41 Å². The quantitative estimate of drug-likeness (QED) is 0.649. The molecule has 0 atom stereocenters. The SMILES string of the molecule is CC(C)(C)C(=Cc1ccc(Cc2nccc3ccccc23)cc1)C(=O)O. The lowest BCUT2D eigenvalue weighted by Gasteiger charge is -2.19. The molecule has 0 aliphatic carbocycles. The number of aliphatic carboxylic acids is 1. The number of carboxylic acids is 1. The van der Waals surface area contributed by atoms with Crippen molar-refractivity contribution in [3.63, 3.8) is 0 Å². The zero-order chi connectivity index (χ0) is 18.7. The second kappa shape index (κ2) is 7.12. The molecule has 3 rings (SSSR count). The van der Waals surface area contributed by atoms with Gasteiger partial charge in [-0.25, -0.2) is 4.79 Å². The number of aromatic nitrogens is 1. The smallest absolute Gasteiger partial charge is 0.332 e. The molecule has 0 unspecified atom stereocenters. The van der Waals surface area contributed by atoms with Gasteiger partial charge in [0.1, 0.15) is 0 Å². The molecule has 3 aromatic rings. The van der Waals surface area contributed by atoms with Gasteiger partial charge in [0.25, 0.3) is 0 Å². The van der Waals surface area contributed by atoms with E-state index in [2.05, 4.69) is 17.1 Å². The summed E-state index contributed by atoms with van der Waals surface area (Å²) in [4.78, 5) is 16.0. The van der Waals surface area contributed by atoms with Crippen LogP contribution in [0, 0.1) is 5.41 Å². The fourth-order valence-corrected chi connectivity index (χ4v) is 3.01. The van der Waals surface area contributed by atoms with Crippen LogP contribution in [0.5, 0.6) is 0 Å². The van der Waals surface area contributed by atoms with Gasteiger partial charge in [-0.2, -0.15) is 0 Å². The molecule has 0 bridgehead atoms. The van der Waals surface area contributed by atoms with E-state index < -0.39 is 11.4 Å². The molecule has 132 valence electrons. The van der Waals surface area contributed by atoms with Crippen molar-refractivity contribution in [2.45, 2.75) is 27.2 Å². The Morgan fingerprint density at radius 1 is 1.04 bits per heavy atom. The maximum absolute atomic E-state index is 11.5. The summed E-state index contributed by atoms with van der Waals surface area (Å²) >= 11 is 0. The van der Waals surface area contributed by atoms with Crippen LogP contribution in [0.3, 0.4) is 0 Å². The van der Waals surface area contributed by atoms with Gasteiger partial charge >= 0.3 is 5.97 Å². The van der Waals surface area contributed by atoms with Crippen molar-refractivity contribution in [1.29, 1.82) is 0 Å². The van der Waals surface area contributed by atoms with Crippen LogP contribution in [0.1, 0.15) is 37.6 Å².